The van der Waals surface area contributed by atoms with Crippen LogP contribution in [0.5, 0.6) is 5.75 Å². The van der Waals surface area contributed by atoms with Gasteiger partial charge in [0.25, 0.3) is 0 Å². The fourth-order valence-electron chi connectivity index (χ4n) is 1.76. The molecule has 0 aliphatic rings. The maximum absolute atomic E-state index is 9.20. The Morgan fingerprint density at radius 1 is 1.23 bits per heavy atom. The van der Waals surface area contributed by atoms with E-state index in [-0.39, 0.29) is 45.4 Å². The highest BCUT2D eigenvalue weighted by atomic mass is 35.5. The van der Waals surface area contributed by atoms with Crippen LogP contribution in [-0.2, 0) is 0 Å². The maximum Gasteiger partial charge on any atom is 0.222 e. The third kappa shape index (κ3) is 2.99. The zero-order valence-corrected chi connectivity index (χ0v) is 12.6. The molecule has 2 aromatic rings. The van der Waals surface area contributed by atoms with Gasteiger partial charge in [-0.2, -0.15) is 10.2 Å². The lowest BCUT2D eigenvalue weighted by molar-refractivity contribution is 0.371. The molecular weight excluding hydrogens is 325 g/mol. The first-order chi connectivity index (χ1) is 10.5. The Morgan fingerprint density at radius 3 is 2.41 bits per heavy atom. The molecule has 1 aromatic carbocycles. The number of hydrogen-bond donors (Lipinski definition) is 2. The van der Waals surface area contributed by atoms with Gasteiger partial charge < -0.3 is 16.2 Å². The highest BCUT2D eigenvalue weighted by molar-refractivity contribution is 6.37. The van der Waals surface area contributed by atoms with E-state index in [0.29, 0.717) is 5.56 Å². The van der Waals surface area contributed by atoms with Crippen LogP contribution in [0.4, 0.5) is 11.8 Å². The molecule has 0 aliphatic heterocycles. The average Bonchev–Trinajstić information content (AvgIpc) is 2.45. The van der Waals surface area contributed by atoms with Crippen molar-refractivity contribution in [2.75, 3.05) is 18.1 Å². The van der Waals surface area contributed by atoms with Crippen LogP contribution >= 0.6 is 23.2 Å². The fraction of sp³-hybridized carbons (Fsp3) is 0.0714. The standard InChI is InChI=1S/C14H9Cl2N5O/c1-2-3-22-12-9(15)4-7(5-10(12)16)11-8(6-17)13(18)21-14(19)20-11/h1,4-5H,3H2,(H4,18,19,20,21). The Hall–Kier alpha value is -2.67. The van der Waals surface area contributed by atoms with Gasteiger partial charge in [-0.25, -0.2) is 4.98 Å². The minimum Gasteiger partial charge on any atom is -0.478 e. The Labute approximate surface area is 136 Å². The molecule has 1 heterocycles. The lowest BCUT2D eigenvalue weighted by atomic mass is 10.1. The molecule has 0 aliphatic carbocycles. The monoisotopic (exact) mass is 333 g/mol. The molecule has 0 amide bonds. The molecule has 2 rings (SSSR count). The van der Waals surface area contributed by atoms with Crippen molar-refractivity contribution in [3.63, 3.8) is 0 Å². The van der Waals surface area contributed by atoms with Crippen molar-refractivity contribution >= 4 is 35.0 Å². The van der Waals surface area contributed by atoms with Crippen molar-refractivity contribution in [3.8, 4) is 35.4 Å². The van der Waals surface area contributed by atoms with Gasteiger partial charge in [-0.05, 0) is 12.1 Å². The molecule has 0 atom stereocenters. The van der Waals surface area contributed by atoms with Gasteiger partial charge in [0.15, 0.2) is 5.75 Å². The van der Waals surface area contributed by atoms with Gasteiger partial charge in [0.2, 0.25) is 5.95 Å². The third-order valence-electron chi connectivity index (χ3n) is 2.64. The van der Waals surface area contributed by atoms with Crippen molar-refractivity contribution in [2.24, 2.45) is 0 Å². The fourth-order valence-corrected chi connectivity index (χ4v) is 2.36. The number of nitrogens with zero attached hydrogens (tertiary/aromatic N) is 3. The van der Waals surface area contributed by atoms with Crippen LogP contribution in [0.25, 0.3) is 11.3 Å². The van der Waals surface area contributed by atoms with Gasteiger partial charge in [0.05, 0.1) is 15.7 Å². The summed E-state index contributed by atoms with van der Waals surface area (Å²) in [6.45, 7) is 0.0234. The summed E-state index contributed by atoms with van der Waals surface area (Å²) >= 11 is 12.3. The average molecular weight is 334 g/mol. The number of halogens is 2. The number of aromatic nitrogens is 2. The summed E-state index contributed by atoms with van der Waals surface area (Å²) in [5.41, 5.74) is 12.0. The van der Waals surface area contributed by atoms with Gasteiger partial charge >= 0.3 is 0 Å². The second-order valence-electron chi connectivity index (χ2n) is 4.06. The molecule has 0 spiro atoms. The number of rotatable bonds is 3. The summed E-state index contributed by atoms with van der Waals surface area (Å²) in [4.78, 5) is 7.77. The van der Waals surface area contributed by atoms with E-state index in [4.69, 9.17) is 45.8 Å². The molecule has 0 fully saturated rings. The van der Waals surface area contributed by atoms with Crippen molar-refractivity contribution in [3.05, 3.63) is 27.7 Å². The predicted molar refractivity (Wildman–Crippen MR) is 85.4 cm³/mol. The van der Waals surface area contributed by atoms with Crippen LogP contribution in [-0.4, -0.2) is 16.6 Å². The van der Waals surface area contributed by atoms with Crippen molar-refractivity contribution in [1.29, 1.82) is 5.26 Å². The lowest BCUT2D eigenvalue weighted by Gasteiger charge is -2.11. The second kappa shape index (κ2) is 6.40. The molecule has 0 unspecified atom stereocenters. The van der Waals surface area contributed by atoms with Gasteiger partial charge in [0.1, 0.15) is 24.1 Å². The van der Waals surface area contributed by atoms with Crippen molar-refractivity contribution in [2.45, 2.75) is 0 Å². The Bertz CT molecular complexity index is 800. The highest BCUT2D eigenvalue weighted by Gasteiger charge is 2.17. The SMILES string of the molecule is C#CCOc1c(Cl)cc(-c2nc(N)nc(N)c2C#N)cc1Cl. The summed E-state index contributed by atoms with van der Waals surface area (Å²) < 4.78 is 5.26. The zero-order valence-electron chi connectivity index (χ0n) is 11.1. The van der Waals surface area contributed by atoms with Crippen LogP contribution in [0, 0.1) is 23.7 Å². The lowest BCUT2D eigenvalue weighted by Crippen LogP contribution is -2.05. The molecule has 0 radical (unpaired) electrons. The Morgan fingerprint density at radius 2 is 1.86 bits per heavy atom. The Kier molecular flexibility index (Phi) is 4.57. The Balaban J connectivity index is 2.61. The van der Waals surface area contributed by atoms with Gasteiger partial charge in [-0.1, -0.05) is 29.1 Å². The molecule has 0 saturated heterocycles. The number of anilines is 2. The number of terminal acetylenes is 1. The van der Waals surface area contributed by atoms with Crippen LogP contribution in [0.3, 0.4) is 0 Å². The van der Waals surface area contributed by atoms with Crippen LogP contribution in [0.1, 0.15) is 5.56 Å². The normalized spacial score (nSPS) is 9.82. The number of nitrogens with two attached hydrogens (primary N) is 2. The number of benzene rings is 1. The minimum absolute atomic E-state index is 0.0232. The molecule has 6 nitrogen and oxygen atoms in total. The van der Waals surface area contributed by atoms with E-state index in [0.717, 1.165) is 0 Å². The summed E-state index contributed by atoms with van der Waals surface area (Å²) in [6.07, 6.45) is 5.13. The molecule has 4 N–H and O–H groups in total. The third-order valence-corrected chi connectivity index (χ3v) is 3.20. The molecule has 1 aromatic heterocycles. The quantitative estimate of drug-likeness (QED) is 0.834. The molecule has 8 heteroatoms. The molecule has 0 bridgehead atoms. The number of hydrogen-bond acceptors (Lipinski definition) is 6. The van der Waals surface area contributed by atoms with E-state index < -0.39 is 0 Å². The maximum atomic E-state index is 9.20. The molecule has 110 valence electrons. The summed E-state index contributed by atoms with van der Waals surface area (Å²) in [6, 6.07) is 4.99. The summed E-state index contributed by atoms with van der Waals surface area (Å²) in [5, 5.41) is 9.64. The molecule has 0 saturated carbocycles. The molecular formula is C14H9Cl2N5O. The topological polar surface area (TPSA) is 111 Å². The zero-order chi connectivity index (χ0) is 16.3. The minimum atomic E-state index is -0.0635. The van der Waals surface area contributed by atoms with E-state index in [1.165, 1.54) is 12.1 Å². The van der Waals surface area contributed by atoms with Crippen LogP contribution in [0.15, 0.2) is 12.1 Å². The van der Waals surface area contributed by atoms with E-state index in [1.807, 2.05) is 6.07 Å². The van der Waals surface area contributed by atoms with E-state index in [2.05, 4.69) is 15.9 Å². The van der Waals surface area contributed by atoms with Gasteiger partial charge in [-0.15, -0.1) is 6.42 Å². The first-order valence-corrected chi connectivity index (χ1v) is 6.62. The first kappa shape index (κ1) is 15.7. The number of nitriles is 1. The summed E-state index contributed by atoms with van der Waals surface area (Å²) in [7, 11) is 0. The van der Waals surface area contributed by atoms with Crippen molar-refractivity contribution in [1.82, 2.24) is 9.97 Å². The van der Waals surface area contributed by atoms with Crippen LogP contribution < -0.4 is 16.2 Å². The van der Waals surface area contributed by atoms with Gasteiger partial charge in [0, 0.05) is 5.56 Å². The van der Waals surface area contributed by atoms with Crippen molar-refractivity contribution < 1.29 is 4.74 Å². The smallest absolute Gasteiger partial charge is 0.222 e. The first-order valence-electron chi connectivity index (χ1n) is 5.86. The van der Waals surface area contributed by atoms with Gasteiger partial charge in [-0.3, -0.25) is 0 Å². The van der Waals surface area contributed by atoms with Crippen LogP contribution in [0.2, 0.25) is 10.0 Å². The van der Waals surface area contributed by atoms with E-state index >= 15 is 0 Å². The number of nitrogen functional groups attached to an aromatic ring is 2. The summed E-state index contributed by atoms with van der Waals surface area (Å²) in [5.74, 6) is 2.48. The largest absolute Gasteiger partial charge is 0.478 e. The molecule has 22 heavy (non-hydrogen) atoms. The predicted octanol–water partition coefficient (Wildman–Crippen LogP) is 2.50. The second-order valence-corrected chi connectivity index (χ2v) is 4.88. The van der Waals surface area contributed by atoms with E-state index in [9.17, 15) is 5.26 Å². The van der Waals surface area contributed by atoms with E-state index in [1.54, 1.807) is 0 Å². The highest BCUT2D eigenvalue weighted by Crippen LogP contribution is 2.38. The number of ether oxygens (including phenoxy) is 1.